The molecule has 0 amide bonds. The van der Waals surface area contributed by atoms with Crippen LogP contribution in [0.5, 0.6) is 11.5 Å². The van der Waals surface area contributed by atoms with E-state index in [4.69, 9.17) is 0 Å². The van der Waals surface area contributed by atoms with Gasteiger partial charge in [-0.05, 0) is 18.2 Å². The molecule has 0 unspecified atom stereocenters. The highest BCUT2D eigenvalue weighted by Gasteiger charge is 2.47. The fourth-order valence-corrected chi connectivity index (χ4v) is 2.36. The average molecular weight is 404 g/mol. The van der Waals surface area contributed by atoms with Gasteiger partial charge in [0.15, 0.2) is 11.5 Å². The van der Waals surface area contributed by atoms with E-state index in [1.54, 1.807) is 0 Å². The van der Waals surface area contributed by atoms with Crippen molar-refractivity contribution in [3.8, 4) is 11.5 Å². The zero-order chi connectivity index (χ0) is 20.3. The summed E-state index contributed by atoms with van der Waals surface area (Å²) in [6.45, 7) is 0. The maximum absolute atomic E-state index is 13.6. The van der Waals surface area contributed by atoms with E-state index < -0.39 is 70.8 Å². The molecule has 1 aliphatic rings. The molecule has 2 nitrogen and oxygen atoms in total. The molecule has 0 radical (unpaired) electrons. The fraction of sp³-hybridized carbons (Fsp3) is 0.143. The van der Waals surface area contributed by atoms with E-state index in [9.17, 15) is 43.9 Å². The third-order valence-electron chi connectivity index (χ3n) is 3.57. The summed E-state index contributed by atoms with van der Waals surface area (Å²) in [5.74, 6) is -11.7. The van der Waals surface area contributed by atoms with Gasteiger partial charge >= 0.3 is 19.5 Å². The van der Waals surface area contributed by atoms with Crippen LogP contribution in [0, 0.1) is 23.3 Å². The van der Waals surface area contributed by atoms with E-state index in [0.717, 1.165) is 0 Å². The van der Waals surface area contributed by atoms with E-state index in [0.29, 0.717) is 0 Å². The van der Waals surface area contributed by atoms with Crippen LogP contribution in [-0.2, 0) is 12.4 Å². The zero-order valence-corrected chi connectivity index (χ0v) is 12.4. The van der Waals surface area contributed by atoms with Crippen LogP contribution in [0.25, 0.3) is 0 Å². The Hall–Kier alpha value is -2.60. The van der Waals surface area contributed by atoms with Gasteiger partial charge in [0.1, 0.15) is 0 Å². The molecule has 0 aliphatic carbocycles. The van der Waals surface area contributed by atoms with E-state index in [2.05, 4.69) is 9.31 Å². The Kier molecular flexibility index (Phi) is 4.23. The lowest BCUT2D eigenvalue weighted by molar-refractivity contribution is -0.140. The van der Waals surface area contributed by atoms with Crippen LogP contribution in [0.2, 0.25) is 0 Å². The minimum absolute atomic E-state index is 0.00188. The van der Waals surface area contributed by atoms with Crippen molar-refractivity contribution in [2.45, 2.75) is 12.4 Å². The molecule has 0 atom stereocenters. The molecule has 0 bridgehead atoms. The molecule has 13 heteroatoms. The third kappa shape index (κ3) is 3.14. The van der Waals surface area contributed by atoms with E-state index in [1.807, 2.05) is 0 Å². The number of rotatable bonds is 1. The lowest BCUT2D eigenvalue weighted by Crippen LogP contribution is -2.43. The molecule has 0 fully saturated rings. The van der Waals surface area contributed by atoms with Crippen LogP contribution in [-0.4, -0.2) is 7.12 Å². The molecule has 0 spiro atoms. The van der Waals surface area contributed by atoms with Crippen LogP contribution >= 0.6 is 0 Å². The normalized spacial score (nSPS) is 14.1. The van der Waals surface area contributed by atoms with Crippen molar-refractivity contribution in [2.24, 2.45) is 0 Å². The minimum Gasteiger partial charge on any atom is -0.517 e. The molecule has 1 aliphatic heterocycles. The van der Waals surface area contributed by atoms with E-state index in [-0.39, 0.29) is 18.2 Å². The van der Waals surface area contributed by atoms with Gasteiger partial charge in [0.2, 0.25) is 23.3 Å². The van der Waals surface area contributed by atoms with Gasteiger partial charge in [-0.3, -0.25) is 0 Å². The standard InChI is InChI=1S/C14H3BF10O2/c16-7-8(17)10(19)12-11(9(7)18)26-15(27-12)6-3-4(13(20,21)22)1-2-5(6)14(23,24)25/h1-3H. The first-order chi connectivity index (χ1) is 12.3. The molecule has 0 aromatic heterocycles. The Bertz CT molecular complexity index is 885. The molecule has 0 saturated carbocycles. The maximum atomic E-state index is 13.6. The fourth-order valence-electron chi connectivity index (χ4n) is 2.36. The molecular formula is C14H3BF10O2. The first kappa shape index (κ1) is 19.2. The topological polar surface area (TPSA) is 18.5 Å². The number of alkyl halides is 6. The first-order valence-electron chi connectivity index (χ1n) is 6.80. The molecule has 0 saturated heterocycles. The smallest absolute Gasteiger partial charge is 0.517 e. The minimum atomic E-state index is -5.19. The van der Waals surface area contributed by atoms with Crippen molar-refractivity contribution in [3.63, 3.8) is 0 Å². The number of hydrogen-bond donors (Lipinski definition) is 0. The van der Waals surface area contributed by atoms with Gasteiger partial charge in [0.25, 0.3) is 0 Å². The Morgan fingerprint density at radius 1 is 0.667 bits per heavy atom. The summed E-state index contributed by atoms with van der Waals surface area (Å²) >= 11 is 0. The maximum Gasteiger partial charge on any atom is 0.633 e. The Balaban J connectivity index is 2.14. The summed E-state index contributed by atoms with van der Waals surface area (Å²) < 4.78 is 140. The van der Waals surface area contributed by atoms with Crippen LogP contribution in [0.3, 0.4) is 0 Å². The van der Waals surface area contributed by atoms with Crippen molar-refractivity contribution < 1.29 is 53.2 Å². The molecule has 2 aromatic rings. The highest BCUT2D eigenvalue weighted by Crippen LogP contribution is 2.42. The van der Waals surface area contributed by atoms with Crippen LogP contribution in [0.1, 0.15) is 11.1 Å². The Morgan fingerprint density at radius 2 is 1.15 bits per heavy atom. The lowest BCUT2D eigenvalue weighted by Gasteiger charge is -2.16. The first-order valence-corrected chi connectivity index (χ1v) is 6.80. The van der Waals surface area contributed by atoms with Gasteiger partial charge in [0, 0.05) is 5.46 Å². The second kappa shape index (κ2) is 5.96. The average Bonchev–Trinajstić information content (AvgIpc) is 3.01. The number of fused-ring (bicyclic) bond motifs is 1. The summed E-state index contributed by atoms with van der Waals surface area (Å²) in [5.41, 5.74) is -4.48. The van der Waals surface area contributed by atoms with Gasteiger partial charge in [-0.25, -0.2) is 8.78 Å². The molecule has 27 heavy (non-hydrogen) atoms. The van der Waals surface area contributed by atoms with Gasteiger partial charge in [-0.15, -0.1) is 0 Å². The Labute approximate surface area is 143 Å². The molecule has 144 valence electrons. The predicted molar refractivity (Wildman–Crippen MR) is 69.4 cm³/mol. The number of hydrogen-bond acceptors (Lipinski definition) is 2. The molecule has 3 rings (SSSR count). The van der Waals surface area contributed by atoms with Crippen molar-refractivity contribution in [3.05, 3.63) is 52.6 Å². The number of halogens is 10. The van der Waals surface area contributed by atoms with Crippen LogP contribution in [0.4, 0.5) is 43.9 Å². The Morgan fingerprint density at radius 3 is 1.56 bits per heavy atom. The quantitative estimate of drug-likeness (QED) is 0.303. The monoisotopic (exact) mass is 404 g/mol. The third-order valence-corrected chi connectivity index (χ3v) is 3.57. The molecule has 1 heterocycles. The van der Waals surface area contributed by atoms with Gasteiger partial charge in [-0.1, -0.05) is 0 Å². The van der Waals surface area contributed by atoms with Gasteiger partial charge in [0.05, 0.1) is 11.1 Å². The van der Waals surface area contributed by atoms with Crippen molar-refractivity contribution in [2.75, 3.05) is 0 Å². The SMILES string of the molecule is Fc1c(F)c(F)c2c(c1F)OB(c1cc(C(F)(F)F)ccc1C(F)(F)F)O2. The van der Waals surface area contributed by atoms with Gasteiger partial charge in [-0.2, -0.15) is 35.1 Å². The summed E-state index contributed by atoms with van der Waals surface area (Å²) in [6.07, 6.45) is -10.2. The van der Waals surface area contributed by atoms with Crippen molar-refractivity contribution in [1.29, 1.82) is 0 Å². The summed E-state index contributed by atoms with van der Waals surface area (Å²) in [4.78, 5) is 0. The predicted octanol–water partition coefficient (Wildman–Crippen LogP) is 4.45. The zero-order valence-electron chi connectivity index (χ0n) is 12.4. The second-order valence-electron chi connectivity index (χ2n) is 5.28. The van der Waals surface area contributed by atoms with Crippen molar-refractivity contribution in [1.82, 2.24) is 0 Å². The molecule has 0 N–H and O–H groups in total. The second-order valence-corrected chi connectivity index (χ2v) is 5.28. The van der Waals surface area contributed by atoms with E-state index in [1.165, 1.54) is 0 Å². The summed E-state index contributed by atoms with van der Waals surface area (Å²) in [5, 5.41) is 0. The lowest BCUT2D eigenvalue weighted by atomic mass is 9.75. The highest BCUT2D eigenvalue weighted by atomic mass is 19.4. The van der Waals surface area contributed by atoms with Gasteiger partial charge < -0.3 is 9.31 Å². The van der Waals surface area contributed by atoms with Crippen LogP contribution < -0.4 is 14.8 Å². The summed E-state index contributed by atoms with van der Waals surface area (Å²) in [6, 6.07) is 0.207. The largest absolute Gasteiger partial charge is 0.633 e. The highest BCUT2D eigenvalue weighted by molar-refractivity contribution is 6.64. The number of benzene rings is 2. The summed E-state index contributed by atoms with van der Waals surface area (Å²) in [7, 11) is -2.43. The van der Waals surface area contributed by atoms with Crippen molar-refractivity contribution >= 4 is 12.6 Å². The van der Waals surface area contributed by atoms with Crippen LogP contribution in [0.15, 0.2) is 18.2 Å². The molecular weight excluding hydrogens is 401 g/mol. The molecule has 2 aromatic carbocycles. The van der Waals surface area contributed by atoms with E-state index >= 15 is 0 Å².